The third-order valence-corrected chi connectivity index (χ3v) is 4.73. The van der Waals surface area contributed by atoms with Gasteiger partial charge in [0, 0.05) is 29.2 Å². The van der Waals surface area contributed by atoms with Crippen LogP contribution in [-0.4, -0.2) is 42.1 Å². The van der Waals surface area contributed by atoms with Crippen LogP contribution in [0.15, 0.2) is 27.4 Å². The van der Waals surface area contributed by atoms with Crippen molar-refractivity contribution in [1.29, 1.82) is 0 Å². The quantitative estimate of drug-likeness (QED) is 0.676. The predicted octanol–water partition coefficient (Wildman–Crippen LogP) is 1.98. The lowest BCUT2D eigenvalue weighted by atomic mass is 10.0. The van der Waals surface area contributed by atoms with Crippen molar-refractivity contribution in [2.24, 2.45) is 0 Å². The van der Waals surface area contributed by atoms with Gasteiger partial charge in [0.05, 0.1) is 7.11 Å². The van der Waals surface area contributed by atoms with E-state index in [9.17, 15) is 14.4 Å². The number of carboxylic acid groups (broad SMARTS) is 1. The lowest BCUT2D eigenvalue weighted by Crippen LogP contribution is -2.42. The molecule has 1 amide bonds. The number of aryl methyl sites for hydroxylation is 1. The molecule has 140 valence electrons. The molecule has 2 aromatic rings. The highest BCUT2D eigenvalue weighted by Gasteiger charge is 2.20. The SMILES string of the molecule is COc1ccc2c(C)c(CCC(=O)N[C@@H](CSC)C(=O)O)c(=O)oc2c1. The molecule has 0 saturated carbocycles. The molecule has 26 heavy (non-hydrogen) atoms. The number of thioether (sulfide) groups is 1. The molecule has 1 heterocycles. The molecule has 7 nitrogen and oxygen atoms in total. The summed E-state index contributed by atoms with van der Waals surface area (Å²) in [5, 5.41) is 12.3. The van der Waals surface area contributed by atoms with Crippen molar-refractivity contribution in [3.05, 3.63) is 39.7 Å². The van der Waals surface area contributed by atoms with Crippen LogP contribution in [0.3, 0.4) is 0 Å². The van der Waals surface area contributed by atoms with Crippen molar-refractivity contribution in [3.63, 3.8) is 0 Å². The van der Waals surface area contributed by atoms with E-state index >= 15 is 0 Å². The second kappa shape index (κ2) is 8.75. The summed E-state index contributed by atoms with van der Waals surface area (Å²) in [5.74, 6) is -0.635. The van der Waals surface area contributed by atoms with Crippen LogP contribution in [0.5, 0.6) is 5.75 Å². The molecule has 0 unspecified atom stereocenters. The second-order valence-corrected chi connectivity index (χ2v) is 6.68. The van der Waals surface area contributed by atoms with Gasteiger partial charge < -0.3 is 19.6 Å². The van der Waals surface area contributed by atoms with Crippen LogP contribution >= 0.6 is 11.8 Å². The molecule has 8 heteroatoms. The largest absolute Gasteiger partial charge is 0.497 e. The molecule has 0 saturated heterocycles. The maximum atomic E-state index is 12.3. The molecule has 1 aromatic heterocycles. The van der Waals surface area contributed by atoms with Crippen LogP contribution in [0.2, 0.25) is 0 Å². The van der Waals surface area contributed by atoms with E-state index in [-0.39, 0.29) is 18.6 Å². The Kier molecular flexibility index (Phi) is 6.68. The summed E-state index contributed by atoms with van der Waals surface area (Å²) in [5.41, 5.74) is 1.07. The van der Waals surface area contributed by atoms with Crippen LogP contribution in [0.4, 0.5) is 0 Å². The van der Waals surface area contributed by atoms with Gasteiger partial charge in [-0.25, -0.2) is 9.59 Å². The van der Waals surface area contributed by atoms with Crippen molar-refractivity contribution in [1.82, 2.24) is 5.32 Å². The molecule has 1 atom stereocenters. The number of carbonyl (C=O) groups is 2. The van der Waals surface area contributed by atoms with Crippen molar-refractivity contribution in [2.45, 2.75) is 25.8 Å². The van der Waals surface area contributed by atoms with Crippen molar-refractivity contribution in [3.8, 4) is 5.75 Å². The van der Waals surface area contributed by atoms with Gasteiger partial charge in [0.1, 0.15) is 17.4 Å². The molecule has 0 fully saturated rings. The predicted molar refractivity (Wildman–Crippen MR) is 100 cm³/mol. The summed E-state index contributed by atoms with van der Waals surface area (Å²) in [4.78, 5) is 35.4. The minimum absolute atomic E-state index is 0.00538. The number of fused-ring (bicyclic) bond motifs is 1. The van der Waals surface area contributed by atoms with E-state index in [1.807, 2.05) is 0 Å². The number of amides is 1. The average Bonchev–Trinajstić information content (AvgIpc) is 2.60. The van der Waals surface area contributed by atoms with Crippen LogP contribution in [0, 0.1) is 6.92 Å². The smallest absolute Gasteiger partial charge is 0.339 e. The maximum absolute atomic E-state index is 12.3. The molecule has 0 aliphatic heterocycles. The Morgan fingerprint density at radius 2 is 2.12 bits per heavy atom. The van der Waals surface area contributed by atoms with E-state index in [1.165, 1.54) is 18.9 Å². The number of nitrogens with one attached hydrogen (secondary N) is 1. The number of hydrogen-bond acceptors (Lipinski definition) is 6. The minimum atomic E-state index is -1.08. The monoisotopic (exact) mass is 379 g/mol. The summed E-state index contributed by atoms with van der Waals surface area (Å²) >= 11 is 1.33. The molecular formula is C18H21NO6S. The fraction of sp³-hybridized carbons (Fsp3) is 0.389. The Labute approximate surface area is 154 Å². The van der Waals surface area contributed by atoms with Crippen molar-refractivity contribution >= 4 is 34.6 Å². The zero-order chi connectivity index (χ0) is 19.3. The van der Waals surface area contributed by atoms with Gasteiger partial charge >= 0.3 is 11.6 Å². The first kappa shape index (κ1) is 19.8. The van der Waals surface area contributed by atoms with E-state index in [1.54, 1.807) is 31.4 Å². The normalized spacial score (nSPS) is 12.0. The molecule has 1 aromatic carbocycles. The Balaban J connectivity index is 2.17. The van der Waals surface area contributed by atoms with Crippen molar-refractivity contribution < 1.29 is 23.8 Å². The summed E-state index contributed by atoms with van der Waals surface area (Å²) in [7, 11) is 1.53. The van der Waals surface area contributed by atoms with Crippen LogP contribution < -0.4 is 15.7 Å². The Morgan fingerprint density at radius 1 is 1.38 bits per heavy atom. The summed E-state index contributed by atoms with van der Waals surface area (Å²) in [6.45, 7) is 1.80. The number of hydrogen-bond donors (Lipinski definition) is 2. The zero-order valence-corrected chi connectivity index (χ0v) is 15.6. The van der Waals surface area contributed by atoms with E-state index < -0.39 is 23.5 Å². The van der Waals surface area contributed by atoms with Gasteiger partial charge in [-0.05, 0) is 37.3 Å². The molecule has 2 rings (SSSR count). The first-order valence-electron chi connectivity index (χ1n) is 7.98. The van der Waals surface area contributed by atoms with E-state index in [4.69, 9.17) is 14.3 Å². The summed E-state index contributed by atoms with van der Waals surface area (Å²) in [6.07, 6.45) is 1.94. The fourth-order valence-electron chi connectivity index (χ4n) is 2.64. The first-order valence-corrected chi connectivity index (χ1v) is 9.38. The molecule has 0 aliphatic carbocycles. The van der Waals surface area contributed by atoms with Crippen LogP contribution in [0.25, 0.3) is 11.0 Å². The number of aliphatic carboxylic acids is 1. The van der Waals surface area contributed by atoms with Gasteiger partial charge in [-0.1, -0.05) is 0 Å². The Hall–Kier alpha value is -2.48. The van der Waals surface area contributed by atoms with E-state index in [0.29, 0.717) is 16.9 Å². The molecule has 2 N–H and O–H groups in total. The third kappa shape index (κ3) is 4.57. The highest BCUT2D eigenvalue weighted by molar-refractivity contribution is 7.98. The van der Waals surface area contributed by atoms with Gasteiger partial charge in [0.15, 0.2) is 0 Å². The number of benzene rings is 1. The number of rotatable bonds is 8. The second-order valence-electron chi connectivity index (χ2n) is 5.77. The molecule has 0 aliphatic rings. The van der Waals surface area contributed by atoms with Gasteiger partial charge in [-0.3, -0.25) is 4.79 Å². The number of methoxy groups -OCH3 is 1. The molecule has 0 spiro atoms. The first-order chi connectivity index (χ1) is 12.4. The topological polar surface area (TPSA) is 106 Å². The maximum Gasteiger partial charge on any atom is 0.339 e. The van der Waals surface area contributed by atoms with Gasteiger partial charge in [-0.2, -0.15) is 11.8 Å². The zero-order valence-electron chi connectivity index (χ0n) is 14.8. The minimum Gasteiger partial charge on any atom is -0.497 e. The van der Waals surface area contributed by atoms with Gasteiger partial charge in [-0.15, -0.1) is 0 Å². The molecule has 0 radical (unpaired) electrons. The highest BCUT2D eigenvalue weighted by atomic mass is 32.2. The van der Waals surface area contributed by atoms with Crippen molar-refractivity contribution in [2.75, 3.05) is 19.1 Å². The average molecular weight is 379 g/mol. The lowest BCUT2D eigenvalue weighted by molar-refractivity contribution is -0.141. The summed E-state index contributed by atoms with van der Waals surface area (Å²) in [6, 6.07) is 4.26. The summed E-state index contributed by atoms with van der Waals surface area (Å²) < 4.78 is 10.5. The molecule has 0 bridgehead atoms. The standard InChI is InChI=1S/C18H21NO6S/c1-10-12-5-4-11(24-2)8-15(12)25-18(23)13(10)6-7-16(20)19-14(9-26-3)17(21)22/h4-5,8,14H,6-7,9H2,1-3H3,(H,19,20)(H,21,22)/t14-/m0/s1. The number of carbonyl (C=O) groups excluding carboxylic acids is 1. The molecular weight excluding hydrogens is 358 g/mol. The van der Waals surface area contributed by atoms with Gasteiger partial charge in [0.25, 0.3) is 0 Å². The third-order valence-electron chi connectivity index (χ3n) is 4.06. The van der Waals surface area contributed by atoms with E-state index in [2.05, 4.69) is 5.32 Å². The Bertz CT molecular complexity index is 876. The lowest BCUT2D eigenvalue weighted by Gasteiger charge is -2.13. The number of ether oxygens (including phenoxy) is 1. The van der Waals surface area contributed by atoms with E-state index in [0.717, 1.165) is 10.9 Å². The highest BCUT2D eigenvalue weighted by Crippen LogP contribution is 2.24. The van der Waals surface area contributed by atoms with Gasteiger partial charge in [0.2, 0.25) is 5.91 Å². The van der Waals surface area contributed by atoms with Crippen LogP contribution in [-0.2, 0) is 16.0 Å². The van der Waals surface area contributed by atoms with Crippen LogP contribution in [0.1, 0.15) is 17.5 Å². The Morgan fingerprint density at radius 3 is 2.73 bits per heavy atom. The fourth-order valence-corrected chi connectivity index (χ4v) is 3.20. The number of carboxylic acids is 1.